The third kappa shape index (κ3) is 2.09. The van der Waals surface area contributed by atoms with Gasteiger partial charge in [0.2, 0.25) is 5.95 Å². The average Bonchev–Trinajstić information content (AvgIpc) is 2.74. The van der Waals surface area contributed by atoms with Crippen LogP contribution in [0, 0.1) is 0 Å². The first-order valence-electron chi connectivity index (χ1n) is 5.88. The second kappa shape index (κ2) is 5.10. The van der Waals surface area contributed by atoms with Gasteiger partial charge in [-0.2, -0.15) is 0 Å². The Hall–Kier alpha value is -1.53. The molecule has 0 radical (unpaired) electrons. The molecule has 2 aromatic carbocycles. The number of ether oxygens (including phenoxy) is 1. The first kappa shape index (κ1) is 13.5. The molecule has 0 aliphatic heterocycles. The summed E-state index contributed by atoms with van der Waals surface area (Å²) in [7, 11) is 1.64. The first-order chi connectivity index (χ1) is 9.61. The van der Waals surface area contributed by atoms with E-state index in [2.05, 4.69) is 36.8 Å². The number of nitrogens with zero attached hydrogens (tertiary/aromatic N) is 2. The van der Waals surface area contributed by atoms with Crippen LogP contribution in [-0.2, 0) is 0 Å². The van der Waals surface area contributed by atoms with Gasteiger partial charge in [-0.1, -0.05) is 6.07 Å². The number of rotatable bonds is 2. The predicted molar refractivity (Wildman–Crippen MR) is 87.4 cm³/mol. The van der Waals surface area contributed by atoms with Crippen molar-refractivity contribution >= 4 is 48.8 Å². The maximum Gasteiger partial charge on any atom is 0.206 e. The normalized spacial score (nSPS) is 10.9. The van der Waals surface area contributed by atoms with Crippen molar-refractivity contribution in [1.29, 1.82) is 0 Å². The van der Waals surface area contributed by atoms with Gasteiger partial charge >= 0.3 is 0 Å². The lowest BCUT2D eigenvalue weighted by molar-refractivity contribution is 0.415. The summed E-state index contributed by atoms with van der Waals surface area (Å²) in [6.45, 7) is 0. The van der Waals surface area contributed by atoms with Crippen molar-refractivity contribution in [2.24, 2.45) is 0 Å². The Morgan fingerprint density at radius 1 is 1.15 bits per heavy atom. The molecule has 0 aliphatic rings. The lowest BCUT2D eigenvalue weighted by atomic mass is 10.2. The number of nitrogens with two attached hydrogens (primary N) is 1. The summed E-state index contributed by atoms with van der Waals surface area (Å²) in [4.78, 5) is 4.39. The first-order valence-corrected chi connectivity index (χ1v) is 7.47. The van der Waals surface area contributed by atoms with Crippen LogP contribution < -0.4 is 10.5 Å². The molecule has 102 valence electrons. The lowest BCUT2D eigenvalue weighted by Gasteiger charge is -2.11. The van der Waals surface area contributed by atoms with E-state index in [9.17, 15) is 0 Å². The number of fused-ring (bicyclic) bond motifs is 1. The largest absolute Gasteiger partial charge is 0.497 e. The number of hydrogen-bond donors (Lipinski definition) is 1. The topological polar surface area (TPSA) is 53.1 Å². The maximum atomic E-state index is 6.08. The van der Waals surface area contributed by atoms with E-state index in [0.717, 1.165) is 31.4 Å². The highest BCUT2D eigenvalue weighted by Crippen LogP contribution is 2.34. The van der Waals surface area contributed by atoms with Crippen molar-refractivity contribution in [3.63, 3.8) is 0 Å². The fourth-order valence-corrected chi connectivity index (χ4v) is 3.49. The van der Waals surface area contributed by atoms with Crippen LogP contribution in [0.1, 0.15) is 0 Å². The van der Waals surface area contributed by atoms with Crippen LogP contribution in [0.3, 0.4) is 0 Å². The number of methoxy groups -OCH3 is 1. The van der Waals surface area contributed by atoms with Gasteiger partial charge in [-0.3, -0.25) is 4.57 Å². The van der Waals surface area contributed by atoms with E-state index in [1.807, 2.05) is 41.0 Å². The number of benzene rings is 2. The highest BCUT2D eigenvalue weighted by Gasteiger charge is 2.15. The minimum Gasteiger partial charge on any atom is -0.497 e. The molecular formula is C14H11Br2N3O. The Bertz CT molecular complexity index is 778. The van der Waals surface area contributed by atoms with E-state index >= 15 is 0 Å². The number of halogens is 2. The molecule has 6 heteroatoms. The van der Waals surface area contributed by atoms with Crippen LogP contribution in [-0.4, -0.2) is 16.7 Å². The third-order valence-corrected chi connectivity index (χ3v) is 4.33. The minimum atomic E-state index is 0.431. The zero-order chi connectivity index (χ0) is 14.3. The summed E-state index contributed by atoms with van der Waals surface area (Å²) >= 11 is 7.12. The molecule has 0 amide bonds. The summed E-state index contributed by atoms with van der Waals surface area (Å²) in [5.41, 5.74) is 8.72. The number of nitrogen functional groups attached to an aromatic ring is 1. The molecule has 0 unspecified atom stereocenters. The summed E-state index contributed by atoms with van der Waals surface area (Å²) in [5, 5.41) is 0. The van der Waals surface area contributed by atoms with Crippen molar-refractivity contribution in [1.82, 2.24) is 9.55 Å². The van der Waals surface area contributed by atoms with E-state index in [1.54, 1.807) is 7.11 Å². The molecule has 1 aromatic heterocycles. The number of para-hydroxylation sites is 1. The van der Waals surface area contributed by atoms with E-state index in [4.69, 9.17) is 10.5 Å². The van der Waals surface area contributed by atoms with Crippen LogP contribution in [0.2, 0.25) is 0 Å². The standard InChI is InChI=1S/C14H11Br2N3O/c1-20-8-5-6-11-12(7-8)19(14(17)18-11)13-9(15)3-2-4-10(13)16/h2-7H,1H3,(H2,17,18). The number of anilines is 1. The smallest absolute Gasteiger partial charge is 0.206 e. The van der Waals surface area contributed by atoms with Gasteiger partial charge in [0.1, 0.15) is 5.75 Å². The van der Waals surface area contributed by atoms with Gasteiger partial charge in [-0.05, 0) is 56.1 Å². The van der Waals surface area contributed by atoms with E-state index in [0.29, 0.717) is 5.95 Å². The van der Waals surface area contributed by atoms with Gasteiger partial charge < -0.3 is 10.5 Å². The monoisotopic (exact) mass is 395 g/mol. The average molecular weight is 397 g/mol. The number of imidazole rings is 1. The SMILES string of the molecule is COc1ccc2nc(N)n(-c3c(Br)cccc3Br)c2c1. The van der Waals surface area contributed by atoms with Gasteiger partial charge in [0, 0.05) is 15.0 Å². The molecule has 0 fully saturated rings. The Labute approximate surface area is 132 Å². The predicted octanol–water partition coefficient (Wildman–Crippen LogP) is 4.14. The Morgan fingerprint density at radius 3 is 2.50 bits per heavy atom. The van der Waals surface area contributed by atoms with Gasteiger partial charge in [0.05, 0.1) is 23.8 Å². The highest BCUT2D eigenvalue weighted by atomic mass is 79.9. The molecule has 4 nitrogen and oxygen atoms in total. The van der Waals surface area contributed by atoms with Crippen molar-refractivity contribution < 1.29 is 4.74 Å². The van der Waals surface area contributed by atoms with Crippen LogP contribution in [0.25, 0.3) is 16.7 Å². The van der Waals surface area contributed by atoms with Crippen LogP contribution in [0.5, 0.6) is 5.75 Å². The molecule has 1 heterocycles. The van der Waals surface area contributed by atoms with E-state index in [-0.39, 0.29) is 0 Å². The molecule has 0 aliphatic carbocycles. The molecule has 3 rings (SSSR count). The summed E-state index contributed by atoms with van der Waals surface area (Å²) in [6, 6.07) is 11.6. The van der Waals surface area contributed by atoms with E-state index < -0.39 is 0 Å². The lowest BCUT2D eigenvalue weighted by Crippen LogP contribution is -2.02. The number of aromatic nitrogens is 2. The molecule has 0 saturated heterocycles. The van der Waals surface area contributed by atoms with Gasteiger partial charge in [0.15, 0.2) is 0 Å². The molecule has 0 bridgehead atoms. The minimum absolute atomic E-state index is 0.431. The second-order valence-corrected chi connectivity index (χ2v) is 5.94. The van der Waals surface area contributed by atoms with Crippen LogP contribution >= 0.6 is 31.9 Å². The molecule has 0 saturated carbocycles. The zero-order valence-electron chi connectivity index (χ0n) is 10.6. The van der Waals surface area contributed by atoms with Crippen molar-refractivity contribution in [3.8, 4) is 11.4 Å². The second-order valence-electron chi connectivity index (χ2n) is 4.23. The third-order valence-electron chi connectivity index (χ3n) is 3.05. The molecule has 20 heavy (non-hydrogen) atoms. The van der Waals surface area contributed by atoms with Gasteiger partial charge in [-0.15, -0.1) is 0 Å². The quantitative estimate of drug-likeness (QED) is 0.708. The zero-order valence-corrected chi connectivity index (χ0v) is 13.8. The molecular weight excluding hydrogens is 386 g/mol. The summed E-state index contributed by atoms with van der Waals surface area (Å²) in [5.74, 6) is 1.20. The van der Waals surface area contributed by atoms with Crippen molar-refractivity contribution in [3.05, 3.63) is 45.3 Å². The highest BCUT2D eigenvalue weighted by molar-refractivity contribution is 9.11. The maximum absolute atomic E-state index is 6.08. The fraction of sp³-hybridized carbons (Fsp3) is 0.0714. The Balaban J connectivity index is 2.38. The molecule has 3 aromatic rings. The number of hydrogen-bond acceptors (Lipinski definition) is 3. The fourth-order valence-electron chi connectivity index (χ4n) is 2.14. The van der Waals surface area contributed by atoms with Crippen LogP contribution in [0.4, 0.5) is 5.95 Å². The van der Waals surface area contributed by atoms with Gasteiger partial charge in [-0.25, -0.2) is 4.98 Å². The Kier molecular flexibility index (Phi) is 3.43. The summed E-state index contributed by atoms with van der Waals surface area (Å²) in [6.07, 6.45) is 0. The molecule has 2 N–H and O–H groups in total. The van der Waals surface area contributed by atoms with Crippen molar-refractivity contribution in [2.75, 3.05) is 12.8 Å². The van der Waals surface area contributed by atoms with E-state index in [1.165, 1.54) is 0 Å². The van der Waals surface area contributed by atoms with Gasteiger partial charge in [0.25, 0.3) is 0 Å². The molecule has 0 spiro atoms. The summed E-state index contributed by atoms with van der Waals surface area (Å²) < 4.78 is 9.03. The molecule has 0 atom stereocenters. The Morgan fingerprint density at radius 2 is 1.85 bits per heavy atom. The van der Waals surface area contributed by atoms with Crippen LogP contribution in [0.15, 0.2) is 45.3 Å². The van der Waals surface area contributed by atoms with Crippen molar-refractivity contribution in [2.45, 2.75) is 0 Å².